The Hall–Kier alpha value is -2.06. The summed E-state index contributed by atoms with van der Waals surface area (Å²) in [5.74, 6) is -0.927. The average molecular weight is 401 g/mol. The minimum Gasteiger partial charge on any atom is -0.300 e. The summed E-state index contributed by atoms with van der Waals surface area (Å²) in [6, 6.07) is 0. The number of piperidine rings is 1. The summed E-state index contributed by atoms with van der Waals surface area (Å²) in [7, 11) is 0. The van der Waals surface area contributed by atoms with Gasteiger partial charge >= 0.3 is 0 Å². The molecule has 8 heteroatoms. The molecule has 0 radical (unpaired) electrons. The van der Waals surface area contributed by atoms with Gasteiger partial charge in [0.15, 0.2) is 5.13 Å². The topological polar surface area (TPSA) is 82.6 Å². The molecule has 28 heavy (non-hydrogen) atoms. The highest BCUT2D eigenvalue weighted by Crippen LogP contribution is 2.52. The zero-order valence-corrected chi connectivity index (χ0v) is 16.5. The molecule has 1 N–H and O–H groups in total. The van der Waals surface area contributed by atoms with Crippen molar-refractivity contribution in [3.8, 4) is 0 Å². The van der Waals surface area contributed by atoms with E-state index in [-0.39, 0.29) is 47.9 Å². The van der Waals surface area contributed by atoms with Gasteiger partial charge in [-0.3, -0.25) is 24.2 Å². The number of hydrogen-bond acceptors (Lipinski definition) is 6. The number of carbonyl (C=O) groups excluding carboxylic acids is 3. The molecule has 4 aliphatic rings. The lowest BCUT2D eigenvalue weighted by atomic mass is 9.85. The predicted molar refractivity (Wildman–Crippen MR) is 104 cm³/mol. The highest BCUT2D eigenvalue weighted by Gasteiger charge is 2.59. The number of imide groups is 1. The van der Waals surface area contributed by atoms with E-state index < -0.39 is 0 Å². The lowest BCUT2D eigenvalue weighted by Crippen LogP contribution is -2.39. The number of anilines is 1. The lowest BCUT2D eigenvalue weighted by Gasteiger charge is -2.25. The van der Waals surface area contributed by atoms with Crippen molar-refractivity contribution in [1.82, 2.24) is 14.8 Å². The van der Waals surface area contributed by atoms with Gasteiger partial charge in [-0.05, 0) is 44.2 Å². The molecule has 2 bridgehead atoms. The lowest BCUT2D eigenvalue weighted by molar-refractivity contribution is -0.143. The zero-order chi connectivity index (χ0) is 19.3. The second kappa shape index (κ2) is 7.08. The Morgan fingerprint density at radius 1 is 1.11 bits per heavy atom. The van der Waals surface area contributed by atoms with Gasteiger partial charge in [-0.15, -0.1) is 11.3 Å². The molecule has 1 aromatic heterocycles. The van der Waals surface area contributed by atoms with E-state index in [0.29, 0.717) is 5.13 Å². The number of nitrogens with zero attached hydrogens (tertiary/aromatic N) is 3. The van der Waals surface area contributed by atoms with Crippen LogP contribution in [0.15, 0.2) is 17.5 Å². The predicted octanol–water partition coefficient (Wildman–Crippen LogP) is 1.87. The third-order valence-electron chi connectivity index (χ3n) is 6.50. The van der Waals surface area contributed by atoms with Crippen molar-refractivity contribution in [3.63, 3.8) is 0 Å². The highest BCUT2D eigenvalue weighted by atomic mass is 32.1. The van der Waals surface area contributed by atoms with Crippen LogP contribution in [0.3, 0.4) is 0 Å². The quantitative estimate of drug-likeness (QED) is 0.603. The molecule has 3 heterocycles. The number of hydrogen-bond donors (Lipinski definition) is 1. The van der Waals surface area contributed by atoms with Gasteiger partial charge in [0.2, 0.25) is 17.7 Å². The molecule has 7 nitrogen and oxygen atoms in total. The number of allylic oxidation sites excluding steroid dienone is 2. The van der Waals surface area contributed by atoms with Crippen molar-refractivity contribution in [1.29, 1.82) is 0 Å². The number of rotatable bonds is 5. The molecule has 3 amide bonds. The standard InChI is InChI=1S/C20H24N4O3S/c25-15(22-20-21-14(11-28-20)9-23-6-2-1-3-7-23)10-24-18(26)16-12-4-5-13(8-12)17(16)19(24)27/h4-5,11-13,16-17H,1-3,6-10H2,(H,21,22,25). The maximum absolute atomic E-state index is 12.7. The fraction of sp³-hybridized carbons (Fsp3) is 0.600. The molecule has 3 fully saturated rings. The van der Waals surface area contributed by atoms with E-state index in [1.807, 2.05) is 5.38 Å². The summed E-state index contributed by atoms with van der Waals surface area (Å²) >= 11 is 1.39. The summed E-state index contributed by atoms with van der Waals surface area (Å²) in [6.45, 7) is 2.77. The molecule has 1 saturated carbocycles. The average Bonchev–Trinajstić information content (AvgIpc) is 3.45. The molecule has 2 aliphatic carbocycles. The molecule has 2 saturated heterocycles. The van der Waals surface area contributed by atoms with Gasteiger partial charge in [0, 0.05) is 11.9 Å². The van der Waals surface area contributed by atoms with Crippen LogP contribution in [0, 0.1) is 23.7 Å². The number of likely N-dealkylation sites (tertiary alicyclic amines) is 2. The maximum Gasteiger partial charge on any atom is 0.246 e. The number of thiazole rings is 1. The molecule has 4 atom stereocenters. The first-order chi connectivity index (χ1) is 13.6. The number of fused-ring (bicyclic) bond motifs is 5. The minimum atomic E-state index is -0.360. The largest absolute Gasteiger partial charge is 0.300 e. The molecule has 0 spiro atoms. The highest BCUT2D eigenvalue weighted by molar-refractivity contribution is 7.13. The number of amides is 3. The maximum atomic E-state index is 12.7. The van der Waals surface area contributed by atoms with Crippen molar-refractivity contribution in [2.45, 2.75) is 32.2 Å². The molecular weight excluding hydrogens is 376 g/mol. The van der Waals surface area contributed by atoms with E-state index in [0.717, 1.165) is 36.6 Å². The van der Waals surface area contributed by atoms with E-state index in [1.165, 1.54) is 30.6 Å². The van der Waals surface area contributed by atoms with Gasteiger partial charge in [0.1, 0.15) is 6.54 Å². The van der Waals surface area contributed by atoms with Gasteiger partial charge < -0.3 is 5.32 Å². The first-order valence-corrected chi connectivity index (χ1v) is 11.0. The van der Waals surface area contributed by atoms with Crippen molar-refractivity contribution in [3.05, 3.63) is 23.2 Å². The van der Waals surface area contributed by atoms with Crippen LogP contribution >= 0.6 is 11.3 Å². The van der Waals surface area contributed by atoms with E-state index >= 15 is 0 Å². The van der Waals surface area contributed by atoms with Crippen LogP contribution in [0.5, 0.6) is 0 Å². The fourth-order valence-electron chi connectivity index (χ4n) is 5.21. The van der Waals surface area contributed by atoms with Gasteiger partial charge in [0.05, 0.1) is 17.5 Å². The van der Waals surface area contributed by atoms with Crippen LogP contribution in [0.25, 0.3) is 0 Å². The Kier molecular flexibility index (Phi) is 4.55. The smallest absolute Gasteiger partial charge is 0.246 e. The molecule has 0 aromatic carbocycles. The third-order valence-corrected chi connectivity index (χ3v) is 7.30. The Morgan fingerprint density at radius 3 is 2.46 bits per heavy atom. The van der Waals surface area contributed by atoms with E-state index in [4.69, 9.17) is 0 Å². The summed E-state index contributed by atoms with van der Waals surface area (Å²) < 4.78 is 0. The second-order valence-corrected chi connectivity index (χ2v) is 9.15. The first-order valence-electron chi connectivity index (χ1n) is 10.1. The van der Waals surface area contributed by atoms with Crippen molar-refractivity contribution in [2.75, 3.05) is 25.0 Å². The number of carbonyl (C=O) groups is 3. The minimum absolute atomic E-state index is 0.163. The van der Waals surface area contributed by atoms with Gasteiger partial charge in [-0.2, -0.15) is 0 Å². The molecule has 148 valence electrons. The zero-order valence-electron chi connectivity index (χ0n) is 15.7. The van der Waals surface area contributed by atoms with Gasteiger partial charge in [-0.25, -0.2) is 4.98 Å². The molecule has 4 unspecified atom stereocenters. The van der Waals surface area contributed by atoms with E-state index in [2.05, 4.69) is 27.4 Å². The third kappa shape index (κ3) is 3.08. The Balaban J connectivity index is 1.18. The monoisotopic (exact) mass is 400 g/mol. The summed E-state index contributed by atoms with van der Waals surface area (Å²) in [5.41, 5.74) is 0.952. The van der Waals surface area contributed by atoms with Crippen LogP contribution in [-0.2, 0) is 20.9 Å². The summed E-state index contributed by atoms with van der Waals surface area (Å²) in [6.07, 6.45) is 8.75. The van der Waals surface area contributed by atoms with Crippen molar-refractivity contribution >= 4 is 34.2 Å². The van der Waals surface area contributed by atoms with Gasteiger partial charge in [-0.1, -0.05) is 18.6 Å². The molecular formula is C20H24N4O3S. The van der Waals surface area contributed by atoms with Crippen molar-refractivity contribution in [2.24, 2.45) is 23.7 Å². The fourth-order valence-corrected chi connectivity index (χ4v) is 5.92. The van der Waals surface area contributed by atoms with Crippen molar-refractivity contribution < 1.29 is 14.4 Å². The SMILES string of the molecule is O=C(CN1C(=O)C2C3C=CC(C3)C2C1=O)Nc1nc(CN2CCCCC2)cs1. The van der Waals surface area contributed by atoms with E-state index in [9.17, 15) is 14.4 Å². The Bertz CT molecular complexity index is 814. The second-order valence-electron chi connectivity index (χ2n) is 8.29. The Labute approximate surface area is 167 Å². The number of aromatic nitrogens is 1. The summed E-state index contributed by atoms with van der Waals surface area (Å²) in [4.78, 5) is 45.8. The van der Waals surface area contributed by atoms with Crippen LogP contribution in [0.2, 0.25) is 0 Å². The molecule has 2 aliphatic heterocycles. The normalized spacial score (nSPS) is 31.6. The van der Waals surface area contributed by atoms with Crippen LogP contribution < -0.4 is 5.32 Å². The number of nitrogens with one attached hydrogen (secondary N) is 1. The summed E-state index contributed by atoms with van der Waals surface area (Å²) in [5, 5.41) is 5.25. The van der Waals surface area contributed by atoms with Crippen LogP contribution in [0.4, 0.5) is 5.13 Å². The van der Waals surface area contributed by atoms with Crippen LogP contribution in [0.1, 0.15) is 31.4 Å². The van der Waals surface area contributed by atoms with E-state index in [1.54, 1.807) is 0 Å². The molecule has 1 aromatic rings. The van der Waals surface area contributed by atoms with Crippen LogP contribution in [-0.4, -0.2) is 52.1 Å². The Morgan fingerprint density at radius 2 is 1.79 bits per heavy atom. The molecule has 5 rings (SSSR count). The van der Waals surface area contributed by atoms with Gasteiger partial charge in [0.25, 0.3) is 0 Å². The first kappa shape index (κ1) is 18.0.